The highest BCUT2D eigenvalue weighted by molar-refractivity contribution is 6.42. The Morgan fingerprint density at radius 3 is 2.85 bits per heavy atom. The molecule has 0 spiro atoms. The number of hydrogen-bond donors (Lipinski definition) is 3. The van der Waals surface area contributed by atoms with Crippen LogP contribution in [0.4, 0.5) is 10.6 Å². The number of pyridine rings is 1. The molecule has 3 N–H and O–H groups in total. The fraction of sp³-hybridized carbons (Fsp3) is 0.222. The number of amides is 2. The molecule has 0 aliphatic carbocycles. The van der Waals surface area contributed by atoms with Crippen LogP contribution in [-0.2, 0) is 13.0 Å². The molecule has 6 nitrogen and oxygen atoms in total. The number of hydrogen-bond acceptors (Lipinski definition) is 4. The number of nitrogens with zero attached hydrogens (tertiary/aromatic N) is 2. The molecule has 0 atom stereocenters. The maximum Gasteiger partial charge on any atom is 0.315 e. The number of urea groups is 1. The second-order valence-electron chi connectivity index (χ2n) is 5.74. The summed E-state index contributed by atoms with van der Waals surface area (Å²) in [5, 5.41) is 9.69. The molecule has 26 heavy (non-hydrogen) atoms. The van der Waals surface area contributed by atoms with Gasteiger partial charge in [-0.3, -0.25) is 0 Å². The molecular weight excluding hydrogens is 373 g/mol. The van der Waals surface area contributed by atoms with Crippen molar-refractivity contribution >= 4 is 35.1 Å². The summed E-state index contributed by atoms with van der Waals surface area (Å²) < 4.78 is 0. The molecule has 2 amide bonds. The predicted molar refractivity (Wildman–Crippen MR) is 104 cm³/mol. The second-order valence-corrected chi connectivity index (χ2v) is 6.56. The maximum absolute atomic E-state index is 11.9. The molecule has 0 saturated carbocycles. The van der Waals surface area contributed by atoms with E-state index in [0.717, 1.165) is 17.1 Å². The number of halogens is 2. The number of benzene rings is 1. The van der Waals surface area contributed by atoms with E-state index in [1.54, 1.807) is 12.1 Å². The molecule has 0 fully saturated rings. The minimum absolute atomic E-state index is 0.237. The van der Waals surface area contributed by atoms with Gasteiger partial charge in [-0.05, 0) is 29.8 Å². The highest BCUT2D eigenvalue weighted by Crippen LogP contribution is 2.22. The van der Waals surface area contributed by atoms with Crippen LogP contribution in [0, 0.1) is 0 Å². The van der Waals surface area contributed by atoms with Crippen molar-refractivity contribution in [1.29, 1.82) is 0 Å². The molecule has 1 aliphatic heterocycles. The summed E-state index contributed by atoms with van der Waals surface area (Å²) in [5.41, 5.74) is 1.81. The van der Waals surface area contributed by atoms with Crippen LogP contribution in [0.2, 0.25) is 10.0 Å². The SMILES string of the molecule is O=C(NCCc1cccc(N2C=CNC2)n1)NCc1ccc(Cl)c(Cl)c1. The molecule has 3 rings (SSSR count). The fourth-order valence-corrected chi connectivity index (χ4v) is 2.79. The zero-order valence-electron chi connectivity index (χ0n) is 14.0. The van der Waals surface area contributed by atoms with Gasteiger partial charge in [0.15, 0.2) is 0 Å². The van der Waals surface area contributed by atoms with E-state index in [-0.39, 0.29) is 6.03 Å². The van der Waals surface area contributed by atoms with Gasteiger partial charge in [0.05, 0.1) is 16.7 Å². The van der Waals surface area contributed by atoms with Gasteiger partial charge >= 0.3 is 6.03 Å². The monoisotopic (exact) mass is 391 g/mol. The van der Waals surface area contributed by atoms with Gasteiger partial charge in [0.1, 0.15) is 5.82 Å². The van der Waals surface area contributed by atoms with Crippen LogP contribution >= 0.6 is 23.2 Å². The van der Waals surface area contributed by atoms with Crippen LogP contribution in [0.25, 0.3) is 0 Å². The van der Waals surface area contributed by atoms with Crippen molar-refractivity contribution < 1.29 is 4.79 Å². The molecule has 1 aromatic carbocycles. The number of rotatable bonds is 6. The summed E-state index contributed by atoms with van der Waals surface area (Å²) in [4.78, 5) is 18.5. The van der Waals surface area contributed by atoms with E-state index in [2.05, 4.69) is 20.9 Å². The van der Waals surface area contributed by atoms with Gasteiger partial charge in [0, 0.05) is 37.6 Å². The van der Waals surface area contributed by atoms with Crippen LogP contribution < -0.4 is 20.9 Å². The standard InChI is InChI=1S/C18H19Cl2N5O/c19-15-5-4-13(10-16(15)20)11-23-18(26)22-7-6-14-2-1-3-17(24-14)25-9-8-21-12-25/h1-5,8-10,21H,6-7,11-12H2,(H2,22,23,26). The summed E-state index contributed by atoms with van der Waals surface area (Å²) in [5.74, 6) is 0.882. The molecule has 136 valence electrons. The van der Waals surface area contributed by atoms with Crippen molar-refractivity contribution in [1.82, 2.24) is 20.9 Å². The lowest BCUT2D eigenvalue weighted by Crippen LogP contribution is -2.36. The van der Waals surface area contributed by atoms with Crippen LogP contribution in [0.15, 0.2) is 48.8 Å². The topological polar surface area (TPSA) is 69.3 Å². The van der Waals surface area contributed by atoms with Gasteiger partial charge in [-0.1, -0.05) is 35.3 Å². The first-order valence-electron chi connectivity index (χ1n) is 8.20. The molecule has 0 bridgehead atoms. The third kappa shape index (κ3) is 5.03. The van der Waals surface area contributed by atoms with Crippen molar-refractivity contribution in [2.75, 3.05) is 18.1 Å². The molecule has 0 radical (unpaired) electrons. The predicted octanol–water partition coefficient (Wildman–Crippen LogP) is 3.27. The molecule has 1 aliphatic rings. The van der Waals surface area contributed by atoms with Crippen molar-refractivity contribution in [3.05, 3.63) is 70.1 Å². The third-order valence-electron chi connectivity index (χ3n) is 3.82. The first-order chi connectivity index (χ1) is 12.6. The largest absolute Gasteiger partial charge is 0.372 e. The fourth-order valence-electron chi connectivity index (χ4n) is 2.47. The van der Waals surface area contributed by atoms with Gasteiger partial charge in [-0.2, -0.15) is 0 Å². The van der Waals surface area contributed by atoms with Crippen molar-refractivity contribution in [3.63, 3.8) is 0 Å². The lowest BCUT2D eigenvalue weighted by molar-refractivity contribution is 0.240. The van der Waals surface area contributed by atoms with Crippen LogP contribution in [0.3, 0.4) is 0 Å². The van der Waals surface area contributed by atoms with Gasteiger partial charge in [-0.15, -0.1) is 0 Å². The first kappa shape index (κ1) is 18.4. The average molecular weight is 392 g/mol. The molecule has 0 saturated heterocycles. The Hall–Kier alpha value is -2.44. The molecular formula is C18H19Cl2N5O. The lowest BCUT2D eigenvalue weighted by Gasteiger charge is -2.14. The number of anilines is 1. The maximum atomic E-state index is 11.9. The lowest BCUT2D eigenvalue weighted by atomic mass is 10.2. The minimum Gasteiger partial charge on any atom is -0.372 e. The summed E-state index contributed by atoms with van der Waals surface area (Å²) in [6.07, 6.45) is 4.48. The van der Waals surface area contributed by atoms with E-state index in [1.165, 1.54) is 0 Å². The van der Waals surface area contributed by atoms with E-state index < -0.39 is 0 Å². The first-order valence-corrected chi connectivity index (χ1v) is 8.96. The van der Waals surface area contributed by atoms with E-state index in [1.807, 2.05) is 41.6 Å². The van der Waals surface area contributed by atoms with Gasteiger partial charge < -0.3 is 20.9 Å². The van der Waals surface area contributed by atoms with E-state index in [0.29, 0.717) is 36.2 Å². The van der Waals surface area contributed by atoms with Gasteiger partial charge in [-0.25, -0.2) is 9.78 Å². The number of carbonyl (C=O) groups excluding carboxylic acids is 1. The van der Waals surface area contributed by atoms with Crippen molar-refractivity contribution in [3.8, 4) is 0 Å². The highest BCUT2D eigenvalue weighted by Gasteiger charge is 2.08. The Balaban J connectivity index is 1.42. The van der Waals surface area contributed by atoms with Crippen LogP contribution in [0.1, 0.15) is 11.3 Å². The normalized spacial score (nSPS) is 12.8. The summed E-state index contributed by atoms with van der Waals surface area (Å²) in [6, 6.07) is 10.9. The Morgan fingerprint density at radius 1 is 1.19 bits per heavy atom. The van der Waals surface area contributed by atoms with Gasteiger partial charge in [0.25, 0.3) is 0 Å². The number of nitrogens with one attached hydrogen (secondary N) is 3. The summed E-state index contributed by atoms with van der Waals surface area (Å²) >= 11 is 11.8. The zero-order valence-corrected chi connectivity index (χ0v) is 15.5. The Labute approximate surface area is 162 Å². The van der Waals surface area contributed by atoms with Crippen molar-refractivity contribution in [2.24, 2.45) is 0 Å². The molecule has 8 heteroatoms. The number of carbonyl (C=O) groups is 1. The van der Waals surface area contributed by atoms with Crippen molar-refractivity contribution in [2.45, 2.75) is 13.0 Å². The van der Waals surface area contributed by atoms with Crippen LogP contribution in [-0.4, -0.2) is 24.2 Å². The van der Waals surface area contributed by atoms with E-state index in [9.17, 15) is 4.79 Å². The molecule has 2 aromatic rings. The quantitative estimate of drug-likeness (QED) is 0.706. The minimum atomic E-state index is -0.237. The zero-order chi connectivity index (χ0) is 18.4. The molecule has 2 heterocycles. The van der Waals surface area contributed by atoms with Crippen LogP contribution in [0.5, 0.6) is 0 Å². The summed E-state index contributed by atoms with van der Waals surface area (Å²) in [6.45, 7) is 1.59. The second kappa shape index (κ2) is 8.78. The molecule has 0 unspecified atom stereocenters. The third-order valence-corrected chi connectivity index (χ3v) is 4.56. The van der Waals surface area contributed by atoms with E-state index >= 15 is 0 Å². The Bertz CT molecular complexity index is 812. The number of aromatic nitrogens is 1. The highest BCUT2D eigenvalue weighted by atomic mass is 35.5. The average Bonchev–Trinajstić information content (AvgIpc) is 3.18. The van der Waals surface area contributed by atoms with E-state index in [4.69, 9.17) is 23.2 Å². The molecule has 1 aromatic heterocycles. The Morgan fingerprint density at radius 2 is 2.08 bits per heavy atom. The van der Waals surface area contributed by atoms with Gasteiger partial charge in [0.2, 0.25) is 0 Å². The summed E-state index contributed by atoms with van der Waals surface area (Å²) in [7, 11) is 0. The smallest absolute Gasteiger partial charge is 0.315 e. The Kier molecular flexibility index (Phi) is 6.20.